The predicted octanol–water partition coefficient (Wildman–Crippen LogP) is 2.34. The quantitative estimate of drug-likeness (QED) is 0.754. The number of hydrogen-bond donors (Lipinski definition) is 2. The molecule has 0 amide bonds. The molecule has 3 heteroatoms. The molecule has 1 aromatic rings. The monoisotopic (exact) mass is 225 g/mol. The topological polar surface area (TPSA) is 32.3 Å². The molecule has 2 nitrogen and oxygen atoms in total. The lowest BCUT2D eigenvalue weighted by molar-refractivity contribution is 0.0444. The van der Waals surface area contributed by atoms with Gasteiger partial charge in [0, 0.05) is 5.56 Å². The van der Waals surface area contributed by atoms with Gasteiger partial charge in [-0.2, -0.15) is 0 Å². The van der Waals surface area contributed by atoms with Crippen LogP contribution in [0, 0.1) is 12.7 Å². The number of halogens is 1. The molecule has 0 bridgehead atoms. The molecule has 0 aromatic heterocycles. The third-order valence-electron chi connectivity index (χ3n) is 2.74. The third kappa shape index (κ3) is 3.29. The molecule has 0 spiro atoms. The van der Waals surface area contributed by atoms with Crippen LogP contribution in [0.2, 0.25) is 0 Å². The highest BCUT2D eigenvalue weighted by Crippen LogP contribution is 2.27. The van der Waals surface area contributed by atoms with Crippen molar-refractivity contribution in [3.05, 3.63) is 35.1 Å². The van der Waals surface area contributed by atoms with Gasteiger partial charge in [-0.3, -0.25) is 0 Å². The Labute approximate surface area is 96.5 Å². The van der Waals surface area contributed by atoms with Crippen LogP contribution in [0.3, 0.4) is 0 Å². The standard InChI is InChI=1S/C13H20FNO/c1-4-15-8-7-13(3,16)11-9-10(2)5-6-12(11)14/h5-6,9,15-16H,4,7-8H2,1-3H3. The summed E-state index contributed by atoms with van der Waals surface area (Å²) in [6.07, 6.45) is 0.501. The van der Waals surface area contributed by atoms with Gasteiger partial charge in [0.25, 0.3) is 0 Å². The molecular formula is C13H20FNO. The minimum Gasteiger partial charge on any atom is -0.385 e. The summed E-state index contributed by atoms with van der Waals surface area (Å²) < 4.78 is 13.6. The van der Waals surface area contributed by atoms with Crippen LogP contribution >= 0.6 is 0 Å². The molecule has 0 aliphatic rings. The Morgan fingerprint density at radius 2 is 2.12 bits per heavy atom. The third-order valence-corrected chi connectivity index (χ3v) is 2.74. The summed E-state index contributed by atoms with van der Waals surface area (Å²) in [4.78, 5) is 0. The first-order valence-corrected chi connectivity index (χ1v) is 5.67. The van der Waals surface area contributed by atoms with Gasteiger partial charge in [0.15, 0.2) is 0 Å². The van der Waals surface area contributed by atoms with E-state index in [-0.39, 0.29) is 5.82 Å². The second kappa shape index (κ2) is 5.41. The Bertz CT molecular complexity index is 350. The molecule has 90 valence electrons. The molecule has 1 rings (SSSR count). The van der Waals surface area contributed by atoms with Crippen LogP contribution in [0.1, 0.15) is 31.4 Å². The fourth-order valence-corrected chi connectivity index (χ4v) is 1.70. The summed E-state index contributed by atoms with van der Waals surface area (Å²) in [6.45, 7) is 7.08. The molecule has 2 N–H and O–H groups in total. The Balaban J connectivity index is 2.83. The van der Waals surface area contributed by atoms with E-state index in [1.807, 2.05) is 13.8 Å². The Hall–Kier alpha value is -0.930. The average Bonchev–Trinajstić information content (AvgIpc) is 2.22. The van der Waals surface area contributed by atoms with Crippen molar-refractivity contribution in [2.45, 2.75) is 32.8 Å². The van der Waals surface area contributed by atoms with E-state index in [9.17, 15) is 9.50 Å². The predicted molar refractivity (Wildman–Crippen MR) is 63.9 cm³/mol. The summed E-state index contributed by atoms with van der Waals surface area (Å²) in [6, 6.07) is 4.83. The van der Waals surface area contributed by atoms with E-state index in [1.54, 1.807) is 19.1 Å². The molecule has 0 radical (unpaired) electrons. The first kappa shape index (κ1) is 13.1. The smallest absolute Gasteiger partial charge is 0.129 e. The summed E-state index contributed by atoms with van der Waals surface area (Å²) in [7, 11) is 0. The van der Waals surface area contributed by atoms with Gasteiger partial charge in [-0.05, 0) is 39.4 Å². The molecule has 0 fully saturated rings. The molecule has 0 saturated carbocycles. The van der Waals surface area contributed by atoms with E-state index >= 15 is 0 Å². The van der Waals surface area contributed by atoms with Crippen LogP contribution in [0.15, 0.2) is 18.2 Å². The van der Waals surface area contributed by atoms with Gasteiger partial charge >= 0.3 is 0 Å². The molecule has 16 heavy (non-hydrogen) atoms. The lowest BCUT2D eigenvalue weighted by atomic mass is 9.91. The Morgan fingerprint density at radius 1 is 1.44 bits per heavy atom. The fraction of sp³-hybridized carbons (Fsp3) is 0.538. The zero-order valence-electron chi connectivity index (χ0n) is 10.2. The minimum atomic E-state index is -1.11. The van der Waals surface area contributed by atoms with Crippen molar-refractivity contribution in [3.8, 4) is 0 Å². The van der Waals surface area contributed by atoms with E-state index in [4.69, 9.17) is 0 Å². The molecule has 1 atom stereocenters. The van der Waals surface area contributed by atoms with Crippen LogP contribution < -0.4 is 5.32 Å². The Kier molecular flexibility index (Phi) is 4.44. The van der Waals surface area contributed by atoms with Crippen molar-refractivity contribution < 1.29 is 9.50 Å². The minimum absolute atomic E-state index is 0.341. The van der Waals surface area contributed by atoms with Crippen molar-refractivity contribution >= 4 is 0 Å². The SMILES string of the molecule is CCNCCC(C)(O)c1cc(C)ccc1F. The van der Waals surface area contributed by atoms with Gasteiger partial charge in [0.1, 0.15) is 5.82 Å². The van der Waals surface area contributed by atoms with Gasteiger partial charge in [-0.25, -0.2) is 4.39 Å². The second-order valence-corrected chi connectivity index (χ2v) is 4.36. The highest BCUT2D eigenvalue weighted by Gasteiger charge is 2.25. The van der Waals surface area contributed by atoms with Crippen LogP contribution in [0.25, 0.3) is 0 Å². The zero-order chi connectivity index (χ0) is 12.2. The summed E-state index contributed by atoms with van der Waals surface area (Å²) in [5.74, 6) is -0.341. The molecule has 1 aromatic carbocycles. The molecule has 1 unspecified atom stereocenters. The number of benzene rings is 1. The fourth-order valence-electron chi connectivity index (χ4n) is 1.70. The van der Waals surface area contributed by atoms with Crippen LogP contribution in [-0.2, 0) is 5.60 Å². The maximum absolute atomic E-state index is 13.6. The van der Waals surface area contributed by atoms with Crippen LogP contribution in [0.5, 0.6) is 0 Å². The van der Waals surface area contributed by atoms with Crippen molar-refractivity contribution in [2.75, 3.05) is 13.1 Å². The van der Waals surface area contributed by atoms with Gasteiger partial charge in [0.05, 0.1) is 5.60 Å². The lowest BCUT2D eigenvalue weighted by Crippen LogP contribution is -2.28. The van der Waals surface area contributed by atoms with Crippen LogP contribution in [0.4, 0.5) is 4.39 Å². The number of hydrogen-bond acceptors (Lipinski definition) is 2. The summed E-state index contributed by atoms with van der Waals surface area (Å²) >= 11 is 0. The van der Waals surface area contributed by atoms with E-state index < -0.39 is 5.60 Å². The highest BCUT2D eigenvalue weighted by atomic mass is 19.1. The van der Waals surface area contributed by atoms with E-state index in [1.165, 1.54) is 6.07 Å². The number of nitrogens with one attached hydrogen (secondary N) is 1. The average molecular weight is 225 g/mol. The summed E-state index contributed by atoms with van der Waals surface area (Å²) in [5, 5.41) is 13.4. The Morgan fingerprint density at radius 3 is 2.75 bits per heavy atom. The normalized spacial score (nSPS) is 14.8. The van der Waals surface area contributed by atoms with Crippen molar-refractivity contribution in [1.29, 1.82) is 0 Å². The maximum Gasteiger partial charge on any atom is 0.129 e. The van der Waals surface area contributed by atoms with Gasteiger partial charge in [0.2, 0.25) is 0 Å². The van der Waals surface area contributed by atoms with E-state index in [0.29, 0.717) is 18.5 Å². The molecule has 0 aliphatic heterocycles. The zero-order valence-corrected chi connectivity index (χ0v) is 10.2. The van der Waals surface area contributed by atoms with Crippen molar-refractivity contribution in [1.82, 2.24) is 5.32 Å². The van der Waals surface area contributed by atoms with Gasteiger partial charge in [-0.1, -0.05) is 24.6 Å². The molecule has 0 saturated heterocycles. The van der Waals surface area contributed by atoms with E-state index in [2.05, 4.69) is 5.32 Å². The van der Waals surface area contributed by atoms with Gasteiger partial charge in [-0.15, -0.1) is 0 Å². The lowest BCUT2D eigenvalue weighted by Gasteiger charge is -2.24. The second-order valence-electron chi connectivity index (χ2n) is 4.36. The largest absolute Gasteiger partial charge is 0.385 e. The number of aryl methyl sites for hydroxylation is 1. The number of aliphatic hydroxyl groups is 1. The summed E-state index contributed by atoms with van der Waals surface area (Å²) in [5.41, 5.74) is 0.226. The van der Waals surface area contributed by atoms with Crippen molar-refractivity contribution in [3.63, 3.8) is 0 Å². The first-order valence-electron chi connectivity index (χ1n) is 5.67. The highest BCUT2D eigenvalue weighted by molar-refractivity contribution is 5.28. The maximum atomic E-state index is 13.6. The molecule has 0 heterocycles. The van der Waals surface area contributed by atoms with E-state index in [0.717, 1.165) is 12.1 Å². The van der Waals surface area contributed by atoms with Gasteiger partial charge < -0.3 is 10.4 Å². The first-order chi connectivity index (χ1) is 7.47. The molecule has 0 aliphatic carbocycles. The van der Waals surface area contributed by atoms with Crippen molar-refractivity contribution in [2.24, 2.45) is 0 Å². The molecular weight excluding hydrogens is 205 g/mol. The van der Waals surface area contributed by atoms with Crippen LogP contribution in [-0.4, -0.2) is 18.2 Å². The number of rotatable bonds is 5.